The molecule has 3 aromatic rings. The summed E-state index contributed by atoms with van der Waals surface area (Å²) in [5.41, 5.74) is 4.17. The number of aryl methyl sites for hydroxylation is 1. The summed E-state index contributed by atoms with van der Waals surface area (Å²) in [5.74, 6) is 0.0893. The quantitative estimate of drug-likeness (QED) is 0.790. The number of anilines is 1. The number of nitrogens with one attached hydrogen (secondary N) is 1. The number of amides is 1. The van der Waals surface area contributed by atoms with Gasteiger partial charge in [-0.05, 0) is 30.7 Å². The molecule has 4 rings (SSSR count). The second-order valence-corrected chi connectivity index (χ2v) is 6.20. The Labute approximate surface area is 140 Å². The van der Waals surface area contributed by atoms with Crippen molar-refractivity contribution < 1.29 is 4.79 Å². The minimum Gasteiger partial charge on any atom is -0.368 e. The molecule has 2 aromatic carbocycles. The van der Waals surface area contributed by atoms with Crippen LogP contribution in [0.4, 0.5) is 5.69 Å². The molecule has 2 heterocycles. The third-order valence-corrected chi connectivity index (χ3v) is 4.74. The number of piperazine rings is 1. The first-order valence-corrected chi connectivity index (χ1v) is 8.26. The maximum absolute atomic E-state index is 12.9. The van der Waals surface area contributed by atoms with Gasteiger partial charge < -0.3 is 9.80 Å². The van der Waals surface area contributed by atoms with Gasteiger partial charge in [-0.1, -0.05) is 24.3 Å². The second kappa shape index (κ2) is 6.00. The number of aromatic nitrogens is 2. The first-order valence-electron chi connectivity index (χ1n) is 8.26. The predicted molar refractivity (Wildman–Crippen MR) is 95.4 cm³/mol. The van der Waals surface area contributed by atoms with Crippen LogP contribution in [0.1, 0.15) is 15.9 Å². The fraction of sp³-hybridized carbons (Fsp3) is 0.263. The van der Waals surface area contributed by atoms with Crippen molar-refractivity contribution in [2.45, 2.75) is 6.92 Å². The molecule has 1 saturated heterocycles. The fourth-order valence-electron chi connectivity index (χ4n) is 3.39. The van der Waals surface area contributed by atoms with Crippen molar-refractivity contribution >= 4 is 22.5 Å². The van der Waals surface area contributed by atoms with E-state index in [1.165, 1.54) is 11.3 Å². The van der Waals surface area contributed by atoms with Crippen molar-refractivity contribution in [1.82, 2.24) is 15.1 Å². The normalized spacial score (nSPS) is 15.0. The Balaban J connectivity index is 1.51. The third-order valence-electron chi connectivity index (χ3n) is 4.74. The molecule has 1 fully saturated rings. The van der Waals surface area contributed by atoms with Crippen LogP contribution in [0.3, 0.4) is 0 Å². The third kappa shape index (κ3) is 2.52. The highest BCUT2D eigenvalue weighted by Crippen LogP contribution is 2.23. The SMILES string of the molecule is Cc1ccccc1N1CCN(C(=O)c2cccc3[nH]ncc23)CC1. The monoisotopic (exact) mass is 320 g/mol. The molecular weight excluding hydrogens is 300 g/mol. The Morgan fingerprint density at radius 2 is 1.83 bits per heavy atom. The van der Waals surface area contributed by atoms with E-state index in [4.69, 9.17) is 0 Å². The van der Waals surface area contributed by atoms with Crippen LogP contribution in [-0.2, 0) is 0 Å². The van der Waals surface area contributed by atoms with Crippen molar-refractivity contribution in [3.8, 4) is 0 Å². The zero-order valence-corrected chi connectivity index (χ0v) is 13.7. The Kier molecular flexibility index (Phi) is 3.69. The lowest BCUT2D eigenvalue weighted by atomic mass is 10.1. The number of benzene rings is 2. The van der Waals surface area contributed by atoms with Gasteiger partial charge in [0.05, 0.1) is 17.3 Å². The highest BCUT2D eigenvalue weighted by atomic mass is 16.2. The molecule has 24 heavy (non-hydrogen) atoms. The largest absolute Gasteiger partial charge is 0.368 e. The van der Waals surface area contributed by atoms with Crippen LogP contribution in [0.5, 0.6) is 0 Å². The molecule has 5 heteroatoms. The molecule has 1 aromatic heterocycles. The number of hydrogen-bond acceptors (Lipinski definition) is 3. The molecule has 0 aliphatic carbocycles. The maximum Gasteiger partial charge on any atom is 0.254 e. The van der Waals surface area contributed by atoms with Gasteiger partial charge in [0.1, 0.15) is 0 Å². The molecule has 5 nitrogen and oxygen atoms in total. The predicted octanol–water partition coefficient (Wildman–Crippen LogP) is 2.83. The summed E-state index contributed by atoms with van der Waals surface area (Å²) in [6.45, 7) is 5.32. The zero-order valence-electron chi connectivity index (χ0n) is 13.7. The summed E-state index contributed by atoms with van der Waals surface area (Å²) >= 11 is 0. The molecule has 122 valence electrons. The molecule has 0 radical (unpaired) electrons. The van der Waals surface area contributed by atoms with E-state index in [2.05, 4.69) is 46.3 Å². The average Bonchev–Trinajstić information content (AvgIpc) is 3.10. The highest BCUT2D eigenvalue weighted by molar-refractivity contribution is 6.06. The van der Waals surface area contributed by atoms with Crippen LogP contribution in [0.2, 0.25) is 0 Å². The molecule has 0 saturated carbocycles. The summed E-state index contributed by atoms with van der Waals surface area (Å²) < 4.78 is 0. The Morgan fingerprint density at radius 3 is 2.62 bits per heavy atom. The number of H-pyrrole nitrogens is 1. The van der Waals surface area contributed by atoms with Gasteiger partial charge >= 0.3 is 0 Å². The number of rotatable bonds is 2. The molecule has 1 N–H and O–H groups in total. The summed E-state index contributed by atoms with van der Waals surface area (Å²) in [7, 11) is 0. The second-order valence-electron chi connectivity index (χ2n) is 6.20. The maximum atomic E-state index is 12.9. The van der Waals surface area contributed by atoms with E-state index in [1.54, 1.807) is 6.20 Å². The highest BCUT2D eigenvalue weighted by Gasteiger charge is 2.24. The van der Waals surface area contributed by atoms with E-state index in [-0.39, 0.29) is 5.91 Å². The van der Waals surface area contributed by atoms with Crippen molar-refractivity contribution in [2.75, 3.05) is 31.1 Å². The minimum atomic E-state index is 0.0893. The molecule has 0 bridgehead atoms. The average molecular weight is 320 g/mol. The van der Waals surface area contributed by atoms with Gasteiger partial charge in [-0.3, -0.25) is 9.89 Å². The first kappa shape index (κ1) is 14.8. The lowest BCUT2D eigenvalue weighted by molar-refractivity contribution is 0.0749. The van der Waals surface area contributed by atoms with Gasteiger partial charge in [0, 0.05) is 37.3 Å². The molecule has 1 aliphatic heterocycles. The summed E-state index contributed by atoms with van der Waals surface area (Å²) in [6, 6.07) is 14.1. The van der Waals surface area contributed by atoms with Crippen LogP contribution < -0.4 is 4.90 Å². The lowest BCUT2D eigenvalue weighted by Crippen LogP contribution is -2.49. The number of nitrogens with zero attached hydrogens (tertiary/aromatic N) is 3. The number of aromatic amines is 1. The van der Waals surface area contributed by atoms with E-state index in [0.717, 1.165) is 42.6 Å². The van der Waals surface area contributed by atoms with E-state index >= 15 is 0 Å². The van der Waals surface area contributed by atoms with Crippen LogP contribution in [0, 0.1) is 6.92 Å². The summed E-state index contributed by atoms with van der Waals surface area (Å²) in [4.78, 5) is 17.2. The number of para-hydroxylation sites is 1. The zero-order chi connectivity index (χ0) is 16.5. The first-order chi connectivity index (χ1) is 11.7. The van der Waals surface area contributed by atoms with Gasteiger partial charge in [-0.15, -0.1) is 0 Å². The van der Waals surface area contributed by atoms with Gasteiger partial charge in [-0.2, -0.15) is 5.10 Å². The molecule has 1 aliphatic rings. The van der Waals surface area contributed by atoms with Gasteiger partial charge in [-0.25, -0.2) is 0 Å². The van der Waals surface area contributed by atoms with Gasteiger partial charge in [0.25, 0.3) is 5.91 Å². The number of carbonyl (C=O) groups is 1. The van der Waals surface area contributed by atoms with E-state index in [9.17, 15) is 4.79 Å². The molecule has 0 spiro atoms. The summed E-state index contributed by atoms with van der Waals surface area (Å²) in [5, 5.41) is 7.86. The van der Waals surface area contributed by atoms with Crippen LogP contribution >= 0.6 is 0 Å². The van der Waals surface area contributed by atoms with Gasteiger partial charge in [0.2, 0.25) is 0 Å². The van der Waals surface area contributed by atoms with E-state index in [1.807, 2.05) is 23.1 Å². The van der Waals surface area contributed by atoms with Crippen LogP contribution in [0.25, 0.3) is 10.9 Å². The minimum absolute atomic E-state index is 0.0893. The van der Waals surface area contributed by atoms with E-state index < -0.39 is 0 Å². The Hall–Kier alpha value is -2.82. The van der Waals surface area contributed by atoms with Crippen molar-refractivity contribution in [2.24, 2.45) is 0 Å². The number of fused-ring (bicyclic) bond motifs is 1. The van der Waals surface area contributed by atoms with Crippen molar-refractivity contribution in [1.29, 1.82) is 0 Å². The van der Waals surface area contributed by atoms with E-state index in [0.29, 0.717) is 0 Å². The van der Waals surface area contributed by atoms with Crippen LogP contribution in [-0.4, -0.2) is 47.2 Å². The Morgan fingerprint density at radius 1 is 1.04 bits per heavy atom. The lowest BCUT2D eigenvalue weighted by Gasteiger charge is -2.37. The van der Waals surface area contributed by atoms with Gasteiger partial charge in [0.15, 0.2) is 0 Å². The molecule has 0 unspecified atom stereocenters. The smallest absolute Gasteiger partial charge is 0.254 e. The van der Waals surface area contributed by atoms with Crippen LogP contribution in [0.15, 0.2) is 48.7 Å². The molecule has 0 atom stereocenters. The topological polar surface area (TPSA) is 52.2 Å². The molecule has 1 amide bonds. The summed E-state index contributed by atoms with van der Waals surface area (Å²) in [6.07, 6.45) is 1.73. The van der Waals surface area contributed by atoms with Crippen molar-refractivity contribution in [3.05, 3.63) is 59.8 Å². The fourth-order valence-corrected chi connectivity index (χ4v) is 3.39. The standard InChI is InChI=1S/C19H20N4O/c1-14-5-2-3-8-18(14)22-9-11-23(12-10-22)19(24)15-6-4-7-17-16(15)13-20-21-17/h2-8,13H,9-12H2,1H3,(H,20,21). The Bertz CT molecular complexity index is 878. The number of carbonyl (C=O) groups excluding carboxylic acids is 1. The number of hydrogen-bond donors (Lipinski definition) is 1. The van der Waals surface area contributed by atoms with Crippen molar-refractivity contribution in [3.63, 3.8) is 0 Å². The molecular formula is C19H20N4O.